The predicted octanol–water partition coefficient (Wildman–Crippen LogP) is -0.211. The Morgan fingerprint density at radius 2 is 1.77 bits per heavy atom. The standard InChI is InChI=1S/C6H6N2O5/c9-6-2-1-4(7(10)11)3-5(6)8(12)13/h3,9H,1-2H2/p-1. The van der Waals surface area contributed by atoms with Crippen LogP contribution in [0.4, 0.5) is 0 Å². The van der Waals surface area contributed by atoms with Crippen LogP contribution >= 0.6 is 0 Å². The van der Waals surface area contributed by atoms with Crippen molar-refractivity contribution in [3.63, 3.8) is 0 Å². The molecule has 0 aromatic rings. The predicted molar refractivity (Wildman–Crippen MR) is 38.3 cm³/mol. The van der Waals surface area contributed by atoms with Crippen molar-refractivity contribution in [2.45, 2.75) is 12.8 Å². The number of hydrogen-bond donors (Lipinski definition) is 0. The largest absolute Gasteiger partial charge is 0.871 e. The molecule has 0 saturated heterocycles. The molecular weight excluding hydrogens is 180 g/mol. The minimum absolute atomic E-state index is 0.0385. The molecule has 0 unspecified atom stereocenters. The fourth-order valence-electron chi connectivity index (χ4n) is 0.979. The summed E-state index contributed by atoms with van der Waals surface area (Å²) in [7, 11) is 0. The second-order valence-corrected chi connectivity index (χ2v) is 2.46. The first-order chi connectivity index (χ1) is 6.02. The fraction of sp³-hybridized carbons (Fsp3) is 0.333. The van der Waals surface area contributed by atoms with Gasteiger partial charge < -0.3 is 5.11 Å². The van der Waals surface area contributed by atoms with Crippen LogP contribution in [0.5, 0.6) is 0 Å². The third-order valence-corrected chi connectivity index (χ3v) is 1.63. The SMILES string of the molecule is O=[N+]([O-])C1=CC([N+](=O)[O-])=C([O-])CC1. The molecule has 0 fully saturated rings. The monoisotopic (exact) mass is 185 g/mol. The summed E-state index contributed by atoms with van der Waals surface area (Å²) >= 11 is 0. The highest BCUT2D eigenvalue weighted by Crippen LogP contribution is 2.20. The zero-order valence-electron chi connectivity index (χ0n) is 6.43. The molecule has 0 N–H and O–H groups in total. The topological polar surface area (TPSA) is 109 Å². The minimum atomic E-state index is -0.898. The zero-order chi connectivity index (χ0) is 10.0. The van der Waals surface area contributed by atoms with E-state index in [0.717, 1.165) is 6.08 Å². The van der Waals surface area contributed by atoms with Gasteiger partial charge in [-0.15, -0.1) is 0 Å². The lowest BCUT2D eigenvalue weighted by Crippen LogP contribution is -2.17. The molecule has 0 spiro atoms. The van der Waals surface area contributed by atoms with Gasteiger partial charge in [0.05, 0.1) is 15.9 Å². The minimum Gasteiger partial charge on any atom is -0.871 e. The smallest absolute Gasteiger partial charge is 0.264 e. The third-order valence-electron chi connectivity index (χ3n) is 1.63. The summed E-state index contributed by atoms with van der Waals surface area (Å²) in [4.78, 5) is 18.8. The molecule has 0 radical (unpaired) electrons. The molecule has 70 valence electrons. The van der Waals surface area contributed by atoms with Gasteiger partial charge in [-0.2, -0.15) is 0 Å². The Balaban J connectivity index is 3.05. The van der Waals surface area contributed by atoms with Crippen molar-refractivity contribution in [3.05, 3.63) is 43.5 Å². The van der Waals surface area contributed by atoms with E-state index in [-0.39, 0.29) is 18.5 Å². The maximum absolute atomic E-state index is 10.9. The first kappa shape index (κ1) is 9.17. The highest BCUT2D eigenvalue weighted by Gasteiger charge is 2.22. The van der Waals surface area contributed by atoms with E-state index < -0.39 is 21.3 Å². The van der Waals surface area contributed by atoms with Crippen LogP contribution in [0.3, 0.4) is 0 Å². The Morgan fingerprint density at radius 1 is 1.15 bits per heavy atom. The van der Waals surface area contributed by atoms with E-state index in [1.165, 1.54) is 0 Å². The third kappa shape index (κ3) is 1.81. The summed E-state index contributed by atoms with van der Waals surface area (Å²) in [5.41, 5.74) is -0.982. The Bertz CT molecular complexity index is 330. The number of rotatable bonds is 2. The summed E-state index contributed by atoms with van der Waals surface area (Å²) in [6.45, 7) is 0. The lowest BCUT2D eigenvalue weighted by molar-refractivity contribution is -0.450. The summed E-state index contributed by atoms with van der Waals surface area (Å²) in [5, 5.41) is 31.3. The van der Waals surface area contributed by atoms with Crippen molar-refractivity contribution < 1.29 is 15.0 Å². The van der Waals surface area contributed by atoms with Gasteiger partial charge in [-0.1, -0.05) is 5.76 Å². The zero-order valence-corrected chi connectivity index (χ0v) is 6.43. The van der Waals surface area contributed by atoms with Crippen molar-refractivity contribution >= 4 is 0 Å². The van der Waals surface area contributed by atoms with Crippen LogP contribution in [-0.4, -0.2) is 9.85 Å². The highest BCUT2D eigenvalue weighted by atomic mass is 16.6. The molecule has 0 amide bonds. The Morgan fingerprint density at radius 3 is 2.23 bits per heavy atom. The second kappa shape index (κ2) is 3.21. The fourth-order valence-corrected chi connectivity index (χ4v) is 0.979. The van der Waals surface area contributed by atoms with Gasteiger partial charge in [0.2, 0.25) is 0 Å². The van der Waals surface area contributed by atoms with E-state index >= 15 is 0 Å². The van der Waals surface area contributed by atoms with Crippen LogP contribution in [0.15, 0.2) is 23.2 Å². The summed E-state index contributed by atoms with van der Waals surface area (Å²) < 4.78 is 0. The van der Waals surface area contributed by atoms with Crippen molar-refractivity contribution in [3.8, 4) is 0 Å². The number of allylic oxidation sites excluding steroid dienone is 3. The van der Waals surface area contributed by atoms with Gasteiger partial charge in [0.15, 0.2) is 0 Å². The molecule has 7 heteroatoms. The molecule has 0 aromatic heterocycles. The lowest BCUT2D eigenvalue weighted by atomic mass is 10.1. The van der Waals surface area contributed by atoms with Crippen LogP contribution in [0.1, 0.15) is 12.8 Å². The quantitative estimate of drug-likeness (QED) is 0.436. The Hall–Kier alpha value is -1.92. The van der Waals surface area contributed by atoms with Crippen LogP contribution in [0.2, 0.25) is 0 Å². The van der Waals surface area contributed by atoms with Crippen LogP contribution in [0.25, 0.3) is 0 Å². The van der Waals surface area contributed by atoms with E-state index in [9.17, 15) is 25.3 Å². The van der Waals surface area contributed by atoms with Crippen LogP contribution < -0.4 is 5.11 Å². The first-order valence-corrected chi connectivity index (χ1v) is 3.42. The Labute approximate surface area is 72.3 Å². The molecule has 0 heterocycles. The van der Waals surface area contributed by atoms with Crippen molar-refractivity contribution in [2.24, 2.45) is 0 Å². The number of hydrogen-bond acceptors (Lipinski definition) is 5. The lowest BCUT2D eigenvalue weighted by Gasteiger charge is -2.13. The molecular formula is C6H5N2O5-. The molecule has 7 nitrogen and oxygen atoms in total. The second-order valence-electron chi connectivity index (χ2n) is 2.46. The van der Waals surface area contributed by atoms with Gasteiger partial charge in [-0.05, 0) is 6.42 Å². The van der Waals surface area contributed by atoms with Crippen LogP contribution in [0, 0.1) is 20.2 Å². The molecule has 0 bridgehead atoms. The highest BCUT2D eigenvalue weighted by molar-refractivity contribution is 5.21. The maximum Gasteiger partial charge on any atom is 0.264 e. The van der Waals surface area contributed by atoms with Crippen LogP contribution in [-0.2, 0) is 0 Å². The molecule has 0 aromatic carbocycles. The normalized spacial score (nSPS) is 16.8. The van der Waals surface area contributed by atoms with E-state index in [0.29, 0.717) is 0 Å². The maximum atomic E-state index is 10.9. The van der Waals surface area contributed by atoms with E-state index in [1.54, 1.807) is 0 Å². The number of nitro groups is 2. The van der Waals surface area contributed by atoms with Gasteiger partial charge in [0.25, 0.3) is 11.4 Å². The molecule has 1 aliphatic rings. The molecule has 0 atom stereocenters. The van der Waals surface area contributed by atoms with Gasteiger partial charge >= 0.3 is 0 Å². The number of nitrogens with zero attached hydrogens (tertiary/aromatic N) is 2. The van der Waals surface area contributed by atoms with Gasteiger partial charge in [0.1, 0.15) is 0 Å². The molecule has 1 rings (SSSR count). The van der Waals surface area contributed by atoms with E-state index in [4.69, 9.17) is 0 Å². The average molecular weight is 185 g/mol. The summed E-state index contributed by atoms with van der Waals surface area (Å²) in [5.74, 6) is -0.657. The molecule has 0 aliphatic heterocycles. The van der Waals surface area contributed by atoms with Gasteiger partial charge in [-0.25, -0.2) is 0 Å². The molecule has 0 saturated carbocycles. The van der Waals surface area contributed by atoms with E-state index in [1.807, 2.05) is 0 Å². The molecule has 13 heavy (non-hydrogen) atoms. The first-order valence-electron chi connectivity index (χ1n) is 3.42. The van der Waals surface area contributed by atoms with Crippen molar-refractivity contribution in [2.75, 3.05) is 0 Å². The van der Waals surface area contributed by atoms with Gasteiger partial charge in [0, 0.05) is 6.42 Å². The van der Waals surface area contributed by atoms with E-state index in [2.05, 4.69) is 0 Å². The van der Waals surface area contributed by atoms with Crippen molar-refractivity contribution in [1.82, 2.24) is 0 Å². The summed E-state index contributed by atoms with van der Waals surface area (Å²) in [6.07, 6.45) is 0.526. The molecule has 1 aliphatic carbocycles. The summed E-state index contributed by atoms with van der Waals surface area (Å²) in [6, 6.07) is 0. The van der Waals surface area contributed by atoms with Gasteiger partial charge in [-0.3, -0.25) is 20.2 Å². The Kier molecular flexibility index (Phi) is 2.27. The van der Waals surface area contributed by atoms with Crippen molar-refractivity contribution in [1.29, 1.82) is 0 Å². The average Bonchev–Trinajstić information content (AvgIpc) is 2.04.